The fraction of sp³-hybridized carbons (Fsp3) is 0.350. The van der Waals surface area contributed by atoms with E-state index in [-0.39, 0.29) is 11.9 Å². The molecule has 1 amide bonds. The molecule has 0 aliphatic heterocycles. The number of amides is 1. The first-order valence-electron chi connectivity index (χ1n) is 8.94. The van der Waals surface area contributed by atoms with Gasteiger partial charge in [-0.15, -0.1) is 0 Å². The van der Waals surface area contributed by atoms with Crippen LogP contribution in [0.3, 0.4) is 0 Å². The Morgan fingerprint density at radius 2 is 1.92 bits per heavy atom. The summed E-state index contributed by atoms with van der Waals surface area (Å²) in [7, 11) is 0. The van der Waals surface area contributed by atoms with E-state index in [1.165, 1.54) is 30.5 Å². The van der Waals surface area contributed by atoms with Gasteiger partial charge in [-0.3, -0.25) is 4.79 Å². The molecular formula is C20H22N4O. The molecule has 0 radical (unpaired) electrons. The summed E-state index contributed by atoms with van der Waals surface area (Å²) in [6.07, 6.45) is 9.21. The number of aromatic nitrogens is 3. The lowest BCUT2D eigenvalue weighted by Crippen LogP contribution is -2.26. The summed E-state index contributed by atoms with van der Waals surface area (Å²) < 4.78 is 1.86. The van der Waals surface area contributed by atoms with Crippen molar-refractivity contribution < 1.29 is 4.79 Å². The highest BCUT2D eigenvalue weighted by molar-refractivity contribution is 5.99. The van der Waals surface area contributed by atoms with Gasteiger partial charge in [0.25, 0.3) is 5.91 Å². The van der Waals surface area contributed by atoms with E-state index in [9.17, 15) is 4.79 Å². The van der Waals surface area contributed by atoms with E-state index in [0.29, 0.717) is 11.2 Å². The summed E-state index contributed by atoms with van der Waals surface area (Å²) >= 11 is 0. The fourth-order valence-electron chi connectivity index (χ4n) is 3.53. The van der Waals surface area contributed by atoms with Gasteiger partial charge in [0.2, 0.25) is 0 Å². The average Bonchev–Trinajstić information content (AvgIpc) is 2.93. The molecule has 1 aromatic carbocycles. The molecule has 0 fully saturated rings. The molecule has 2 heterocycles. The number of nitrogens with one attached hydrogen (secondary N) is 1. The number of fused-ring (bicyclic) bond motifs is 3. The smallest absolute Gasteiger partial charge is 0.257 e. The van der Waals surface area contributed by atoms with Gasteiger partial charge in [0.1, 0.15) is 5.56 Å². The van der Waals surface area contributed by atoms with Gasteiger partial charge >= 0.3 is 0 Å². The first kappa shape index (κ1) is 15.8. The standard InChI is InChI=1S/C20H22N4O/c1-14(15-8-4-2-5-9-15)23-20(25)17-13-22-24-18-11-7-3-6-10-16(18)12-21-19(17)24/h2,4-5,8-9,12-14H,3,6-7,10-11H2,1H3,(H,23,25). The number of nitrogens with zero attached hydrogens (tertiary/aromatic N) is 3. The lowest BCUT2D eigenvalue weighted by atomic mass is 10.1. The number of hydrogen-bond donors (Lipinski definition) is 1. The molecule has 25 heavy (non-hydrogen) atoms. The third-order valence-electron chi connectivity index (χ3n) is 4.96. The molecule has 5 nitrogen and oxygen atoms in total. The molecular weight excluding hydrogens is 312 g/mol. The maximum atomic E-state index is 12.7. The summed E-state index contributed by atoms with van der Waals surface area (Å²) in [5.41, 5.74) is 4.73. The molecule has 0 bridgehead atoms. The molecule has 1 atom stereocenters. The van der Waals surface area contributed by atoms with Crippen molar-refractivity contribution in [3.8, 4) is 0 Å². The zero-order valence-corrected chi connectivity index (χ0v) is 14.4. The minimum Gasteiger partial charge on any atom is -0.345 e. The number of hydrogen-bond acceptors (Lipinski definition) is 3. The van der Waals surface area contributed by atoms with Crippen molar-refractivity contribution in [1.82, 2.24) is 19.9 Å². The second-order valence-corrected chi connectivity index (χ2v) is 6.69. The Labute approximate surface area is 147 Å². The third kappa shape index (κ3) is 3.02. The number of aryl methyl sites for hydroxylation is 2. The zero-order chi connectivity index (χ0) is 17.2. The van der Waals surface area contributed by atoms with E-state index in [2.05, 4.69) is 15.4 Å². The molecule has 2 aromatic heterocycles. The number of carbonyl (C=O) groups is 1. The summed E-state index contributed by atoms with van der Waals surface area (Å²) in [5, 5.41) is 7.52. The normalized spacial score (nSPS) is 15.4. The van der Waals surface area contributed by atoms with E-state index in [0.717, 1.165) is 18.4 Å². The van der Waals surface area contributed by atoms with Crippen LogP contribution >= 0.6 is 0 Å². The summed E-state index contributed by atoms with van der Waals surface area (Å²) in [6, 6.07) is 9.88. The lowest BCUT2D eigenvalue weighted by Gasteiger charge is -2.14. The predicted molar refractivity (Wildman–Crippen MR) is 96.6 cm³/mol. The number of benzene rings is 1. The Morgan fingerprint density at radius 3 is 2.76 bits per heavy atom. The fourth-order valence-corrected chi connectivity index (χ4v) is 3.53. The van der Waals surface area contributed by atoms with E-state index in [1.807, 2.05) is 48.0 Å². The quantitative estimate of drug-likeness (QED) is 0.746. The molecule has 3 aromatic rings. The van der Waals surface area contributed by atoms with Crippen LogP contribution in [0.2, 0.25) is 0 Å². The maximum Gasteiger partial charge on any atom is 0.257 e. The zero-order valence-electron chi connectivity index (χ0n) is 14.4. The summed E-state index contributed by atoms with van der Waals surface area (Å²) in [5.74, 6) is -0.132. The molecule has 1 aliphatic carbocycles. The van der Waals surface area contributed by atoms with Gasteiger partial charge in [-0.1, -0.05) is 36.8 Å². The van der Waals surface area contributed by atoms with Crippen LogP contribution in [0.4, 0.5) is 0 Å². The maximum absolute atomic E-state index is 12.7. The molecule has 1 aliphatic rings. The van der Waals surface area contributed by atoms with Crippen LogP contribution in [-0.2, 0) is 12.8 Å². The van der Waals surface area contributed by atoms with Gasteiger partial charge < -0.3 is 5.32 Å². The van der Waals surface area contributed by atoms with E-state index in [4.69, 9.17) is 0 Å². The molecule has 0 saturated heterocycles. The molecule has 5 heteroatoms. The number of rotatable bonds is 3. The molecule has 1 N–H and O–H groups in total. The highest BCUT2D eigenvalue weighted by Crippen LogP contribution is 2.22. The van der Waals surface area contributed by atoms with Crippen LogP contribution in [0.1, 0.15) is 59.4 Å². The minimum absolute atomic E-state index is 0.0653. The van der Waals surface area contributed by atoms with Crippen molar-refractivity contribution >= 4 is 11.6 Å². The SMILES string of the molecule is CC(NC(=O)c1cnn2c3c(cnc12)CCCCC3)c1ccccc1. The van der Waals surface area contributed by atoms with E-state index >= 15 is 0 Å². The molecule has 4 rings (SSSR count). The summed E-state index contributed by atoms with van der Waals surface area (Å²) in [6.45, 7) is 1.98. The first-order chi connectivity index (χ1) is 12.2. The highest BCUT2D eigenvalue weighted by Gasteiger charge is 2.20. The van der Waals surface area contributed by atoms with Crippen molar-refractivity contribution in [2.45, 2.75) is 45.1 Å². The van der Waals surface area contributed by atoms with Crippen molar-refractivity contribution in [1.29, 1.82) is 0 Å². The first-order valence-corrected chi connectivity index (χ1v) is 8.94. The van der Waals surface area contributed by atoms with Crippen LogP contribution in [-0.4, -0.2) is 20.5 Å². The van der Waals surface area contributed by atoms with E-state index in [1.54, 1.807) is 6.20 Å². The van der Waals surface area contributed by atoms with E-state index < -0.39 is 0 Å². The minimum atomic E-state index is -0.132. The predicted octanol–water partition coefficient (Wildman–Crippen LogP) is 3.49. The lowest BCUT2D eigenvalue weighted by molar-refractivity contribution is 0.0941. The van der Waals surface area contributed by atoms with Crippen molar-refractivity contribution in [3.63, 3.8) is 0 Å². The van der Waals surface area contributed by atoms with Crippen LogP contribution < -0.4 is 5.32 Å². The van der Waals surface area contributed by atoms with Crippen molar-refractivity contribution in [2.24, 2.45) is 0 Å². The Kier molecular flexibility index (Phi) is 4.22. The molecule has 0 saturated carbocycles. The Morgan fingerprint density at radius 1 is 1.12 bits per heavy atom. The Balaban J connectivity index is 1.63. The van der Waals surface area contributed by atoms with Crippen LogP contribution in [0.25, 0.3) is 5.65 Å². The highest BCUT2D eigenvalue weighted by atomic mass is 16.1. The third-order valence-corrected chi connectivity index (χ3v) is 4.96. The van der Waals surface area contributed by atoms with Crippen molar-refractivity contribution in [2.75, 3.05) is 0 Å². The van der Waals surface area contributed by atoms with Crippen molar-refractivity contribution in [3.05, 3.63) is 65.1 Å². The number of carbonyl (C=O) groups excluding carboxylic acids is 1. The van der Waals surface area contributed by atoms with Gasteiger partial charge in [0.05, 0.1) is 12.2 Å². The molecule has 1 unspecified atom stereocenters. The van der Waals surface area contributed by atoms with Gasteiger partial charge in [-0.25, -0.2) is 9.50 Å². The summed E-state index contributed by atoms with van der Waals surface area (Å²) in [4.78, 5) is 17.3. The second-order valence-electron chi connectivity index (χ2n) is 6.69. The topological polar surface area (TPSA) is 59.3 Å². The van der Waals surface area contributed by atoms with Gasteiger partial charge in [-0.05, 0) is 43.7 Å². The monoisotopic (exact) mass is 334 g/mol. The van der Waals surface area contributed by atoms with Crippen LogP contribution in [0, 0.1) is 0 Å². The molecule has 0 spiro atoms. The van der Waals surface area contributed by atoms with Crippen LogP contribution in [0.15, 0.2) is 42.7 Å². The van der Waals surface area contributed by atoms with Gasteiger partial charge in [0.15, 0.2) is 5.65 Å². The Hall–Kier alpha value is -2.69. The second kappa shape index (κ2) is 6.67. The van der Waals surface area contributed by atoms with Gasteiger partial charge in [-0.2, -0.15) is 5.10 Å². The van der Waals surface area contributed by atoms with Crippen LogP contribution in [0.5, 0.6) is 0 Å². The Bertz CT molecular complexity index is 901. The average molecular weight is 334 g/mol. The molecule has 128 valence electrons. The van der Waals surface area contributed by atoms with Gasteiger partial charge in [0, 0.05) is 11.9 Å². The largest absolute Gasteiger partial charge is 0.345 e.